The highest BCUT2D eigenvalue weighted by molar-refractivity contribution is 5.95. The lowest BCUT2D eigenvalue weighted by Gasteiger charge is -2.16. The number of carbonyl (C=O) groups is 2. The van der Waals surface area contributed by atoms with Crippen molar-refractivity contribution in [2.45, 2.75) is 20.3 Å². The van der Waals surface area contributed by atoms with Gasteiger partial charge in [0.25, 0.3) is 0 Å². The summed E-state index contributed by atoms with van der Waals surface area (Å²) in [5.74, 6) is 0.608. The largest absolute Gasteiger partial charge is 0.324 e. The molecule has 1 aromatic carbocycles. The average molecular weight is 246 g/mol. The third-order valence-corrected chi connectivity index (χ3v) is 3.25. The van der Waals surface area contributed by atoms with Gasteiger partial charge < -0.3 is 10.2 Å². The van der Waals surface area contributed by atoms with Crippen LogP contribution in [0, 0.1) is 5.92 Å². The Bertz CT molecular complexity index is 453. The highest BCUT2D eigenvalue weighted by Crippen LogP contribution is 2.17. The van der Waals surface area contributed by atoms with Crippen molar-refractivity contribution in [2.24, 2.45) is 5.92 Å². The number of hydrogen-bond acceptors (Lipinski definition) is 2. The molecule has 2 amide bonds. The minimum Gasteiger partial charge on any atom is -0.324 e. The van der Waals surface area contributed by atoms with Crippen molar-refractivity contribution in [3.8, 4) is 0 Å². The molecule has 1 atom stereocenters. The van der Waals surface area contributed by atoms with Gasteiger partial charge in [-0.3, -0.25) is 4.79 Å². The van der Waals surface area contributed by atoms with E-state index in [4.69, 9.17) is 0 Å². The molecule has 1 unspecified atom stereocenters. The summed E-state index contributed by atoms with van der Waals surface area (Å²) in [6.07, 6.45) is 1.07. The molecule has 0 radical (unpaired) electrons. The van der Waals surface area contributed by atoms with E-state index in [0.29, 0.717) is 11.5 Å². The molecule has 4 heteroatoms. The molecule has 0 saturated carbocycles. The zero-order chi connectivity index (χ0) is 13.1. The molecule has 1 aliphatic rings. The van der Waals surface area contributed by atoms with Crippen LogP contribution < -0.4 is 5.32 Å². The molecule has 1 saturated heterocycles. The number of urea groups is 1. The van der Waals surface area contributed by atoms with Crippen LogP contribution in [0.1, 0.15) is 30.6 Å². The number of benzene rings is 1. The topological polar surface area (TPSA) is 49.4 Å². The van der Waals surface area contributed by atoms with Gasteiger partial charge in [-0.1, -0.05) is 6.92 Å². The maximum Gasteiger partial charge on any atom is 0.321 e. The molecule has 2 rings (SSSR count). The molecule has 0 aromatic heterocycles. The molecule has 1 N–H and O–H groups in total. The van der Waals surface area contributed by atoms with E-state index in [2.05, 4.69) is 12.2 Å². The molecular formula is C14H18N2O2. The fraction of sp³-hybridized carbons (Fsp3) is 0.429. The van der Waals surface area contributed by atoms with E-state index in [9.17, 15) is 9.59 Å². The standard InChI is InChI=1S/C14H18N2O2/c1-10-7-8-16(9-10)14(18)15-13-5-3-12(4-6-13)11(2)17/h3-6,10H,7-9H2,1-2H3,(H,15,18). The van der Waals surface area contributed by atoms with Crippen LogP contribution in [0.4, 0.5) is 10.5 Å². The summed E-state index contributed by atoms with van der Waals surface area (Å²) >= 11 is 0. The van der Waals surface area contributed by atoms with Crippen LogP contribution in [0.2, 0.25) is 0 Å². The van der Waals surface area contributed by atoms with Crippen molar-refractivity contribution < 1.29 is 9.59 Å². The summed E-state index contributed by atoms with van der Waals surface area (Å²) in [6.45, 7) is 5.31. The van der Waals surface area contributed by atoms with Gasteiger partial charge >= 0.3 is 6.03 Å². The first-order valence-corrected chi connectivity index (χ1v) is 6.23. The first-order chi connectivity index (χ1) is 8.56. The van der Waals surface area contributed by atoms with Crippen molar-refractivity contribution in [1.29, 1.82) is 0 Å². The number of likely N-dealkylation sites (tertiary alicyclic amines) is 1. The maximum absolute atomic E-state index is 11.9. The minimum atomic E-state index is -0.0603. The van der Waals surface area contributed by atoms with E-state index >= 15 is 0 Å². The SMILES string of the molecule is CC(=O)c1ccc(NC(=O)N2CCC(C)C2)cc1. The molecule has 4 nitrogen and oxygen atoms in total. The molecule has 1 aromatic rings. The third-order valence-electron chi connectivity index (χ3n) is 3.25. The molecule has 18 heavy (non-hydrogen) atoms. The van der Waals surface area contributed by atoms with Gasteiger partial charge in [0.05, 0.1) is 0 Å². The van der Waals surface area contributed by atoms with Crippen LogP contribution in [0.25, 0.3) is 0 Å². The number of ketones is 1. The normalized spacial score (nSPS) is 18.8. The van der Waals surface area contributed by atoms with Crippen molar-refractivity contribution in [3.63, 3.8) is 0 Å². The second-order valence-electron chi connectivity index (χ2n) is 4.90. The number of hydrogen-bond donors (Lipinski definition) is 1. The maximum atomic E-state index is 11.9. The quantitative estimate of drug-likeness (QED) is 0.816. The lowest BCUT2D eigenvalue weighted by molar-refractivity contribution is 0.101. The molecular weight excluding hydrogens is 228 g/mol. The molecule has 96 valence electrons. The van der Waals surface area contributed by atoms with Gasteiger partial charge in [0, 0.05) is 24.3 Å². The zero-order valence-electron chi connectivity index (χ0n) is 10.8. The number of nitrogens with one attached hydrogen (secondary N) is 1. The molecule has 1 heterocycles. The van der Waals surface area contributed by atoms with E-state index in [1.165, 1.54) is 6.92 Å². The lowest BCUT2D eigenvalue weighted by Crippen LogP contribution is -2.32. The number of carbonyl (C=O) groups excluding carboxylic acids is 2. The number of Topliss-reactive ketones (excluding diaryl/α,β-unsaturated/α-hetero) is 1. The van der Waals surface area contributed by atoms with E-state index in [1.54, 1.807) is 24.3 Å². The summed E-state index contributed by atoms with van der Waals surface area (Å²) < 4.78 is 0. The Morgan fingerprint density at radius 1 is 1.28 bits per heavy atom. The lowest BCUT2D eigenvalue weighted by atomic mass is 10.1. The summed E-state index contributed by atoms with van der Waals surface area (Å²) in [5.41, 5.74) is 1.38. The van der Waals surface area contributed by atoms with Gasteiger partial charge in [-0.05, 0) is 43.5 Å². The Labute approximate surface area is 107 Å². The Morgan fingerprint density at radius 3 is 2.44 bits per heavy atom. The number of nitrogens with zero attached hydrogens (tertiary/aromatic N) is 1. The van der Waals surface area contributed by atoms with Gasteiger partial charge in [0.15, 0.2) is 5.78 Å². The predicted octanol–water partition coefficient (Wildman–Crippen LogP) is 2.76. The van der Waals surface area contributed by atoms with E-state index in [0.717, 1.165) is 25.2 Å². The highest BCUT2D eigenvalue weighted by atomic mass is 16.2. The molecule has 1 fully saturated rings. The summed E-state index contributed by atoms with van der Waals surface area (Å²) in [5, 5.41) is 2.85. The summed E-state index contributed by atoms with van der Waals surface area (Å²) in [6, 6.07) is 6.91. The van der Waals surface area contributed by atoms with Gasteiger partial charge in [-0.25, -0.2) is 4.79 Å². The monoisotopic (exact) mass is 246 g/mol. The van der Waals surface area contributed by atoms with Gasteiger partial charge in [0.1, 0.15) is 0 Å². The van der Waals surface area contributed by atoms with E-state index < -0.39 is 0 Å². The predicted molar refractivity (Wildman–Crippen MR) is 70.8 cm³/mol. The number of rotatable bonds is 2. The summed E-state index contributed by atoms with van der Waals surface area (Å²) in [7, 11) is 0. The van der Waals surface area contributed by atoms with Crippen LogP contribution in [0.15, 0.2) is 24.3 Å². The van der Waals surface area contributed by atoms with Gasteiger partial charge in [-0.2, -0.15) is 0 Å². The first-order valence-electron chi connectivity index (χ1n) is 6.23. The first kappa shape index (κ1) is 12.6. The fourth-order valence-corrected chi connectivity index (χ4v) is 2.11. The Hall–Kier alpha value is -1.84. The fourth-order valence-electron chi connectivity index (χ4n) is 2.11. The van der Waals surface area contributed by atoms with Crippen LogP contribution >= 0.6 is 0 Å². The third kappa shape index (κ3) is 2.88. The van der Waals surface area contributed by atoms with Crippen LogP contribution in [-0.2, 0) is 0 Å². The highest BCUT2D eigenvalue weighted by Gasteiger charge is 2.22. The zero-order valence-corrected chi connectivity index (χ0v) is 10.8. The van der Waals surface area contributed by atoms with Crippen molar-refractivity contribution >= 4 is 17.5 Å². The number of anilines is 1. The Kier molecular flexibility index (Phi) is 3.65. The van der Waals surface area contributed by atoms with Crippen molar-refractivity contribution in [1.82, 2.24) is 4.90 Å². The molecule has 0 spiro atoms. The van der Waals surface area contributed by atoms with Crippen molar-refractivity contribution in [3.05, 3.63) is 29.8 Å². The number of amides is 2. The van der Waals surface area contributed by atoms with Gasteiger partial charge in [0.2, 0.25) is 0 Å². The van der Waals surface area contributed by atoms with Crippen molar-refractivity contribution in [2.75, 3.05) is 18.4 Å². The Morgan fingerprint density at radius 2 is 1.94 bits per heavy atom. The second kappa shape index (κ2) is 5.21. The second-order valence-corrected chi connectivity index (χ2v) is 4.90. The van der Waals surface area contributed by atoms with Crippen LogP contribution in [0.3, 0.4) is 0 Å². The smallest absolute Gasteiger partial charge is 0.321 e. The average Bonchev–Trinajstić information content (AvgIpc) is 2.76. The summed E-state index contributed by atoms with van der Waals surface area (Å²) in [4.78, 5) is 24.9. The molecule has 1 aliphatic heterocycles. The van der Waals surface area contributed by atoms with E-state index in [-0.39, 0.29) is 11.8 Å². The molecule has 0 bridgehead atoms. The molecule has 0 aliphatic carbocycles. The minimum absolute atomic E-state index is 0.0289. The van der Waals surface area contributed by atoms with Crippen LogP contribution in [0.5, 0.6) is 0 Å². The van der Waals surface area contributed by atoms with Crippen LogP contribution in [-0.4, -0.2) is 29.8 Å². The van der Waals surface area contributed by atoms with E-state index in [1.807, 2.05) is 4.90 Å². The van der Waals surface area contributed by atoms with Gasteiger partial charge in [-0.15, -0.1) is 0 Å². The Balaban J connectivity index is 1.97.